The summed E-state index contributed by atoms with van der Waals surface area (Å²) in [5, 5.41) is 11.9. The monoisotopic (exact) mass is 524 g/mol. The van der Waals surface area contributed by atoms with Gasteiger partial charge in [-0.25, -0.2) is 9.37 Å². The van der Waals surface area contributed by atoms with Crippen LogP contribution in [0.4, 0.5) is 9.52 Å². The first-order valence-electron chi connectivity index (χ1n) is 10.7. The van der Waals surface area contributed by atoms with Crippen molar-refractivity contribution in [3.05, 3.63) is 88.2 Å². The summed E-state index contributed by atoms with van der Waals surface area (Å²) in [5.41, 5.74) is 1.12. The number of Topliss-reactive ketones (excluding diaryl/α,β-unsaturated/α-hetero) is 1. The molecule has 1 aliphatic heterocycles. The number of aliphatic hydroxyl groups is 1. The number of hydrogen-bond donors (Lipinski definition) is 1. The van der Waals surface area contributed by atoms with Gasteiger partial charge in [0.25, 0.3) is 5.78 Å². The second-order valence-corrected chi connectivity index (χ2v) is 9.34. The fourth-order valence-electron chi connectivity index (χ4n) is 4.12. The van der Waals surface area contributed by atoms with Crippen LogP contribution in [0.25, 0.3) is 16.0 Å². The van der Waals surface area contributed by atoms with E-state index in [0.29, 0.717) is 27.6 Å². The van der Waals surface area contributed by atoms with Crippen molar-refractivity contribution in [3.63, 3.8) is 0 Å². The molecule has 1 fully saturated rings. The van der Waals surface area contributed by atoms with Gasteiger partial charge in [0.05, 0.1) is 36.1 Å². The first-order chi connectivity index (χ1) is 17.3. The van der Waals surface area contributed by atoms with E-state index in [4.69, 9.17) is 21.1 Å². The van der Waals surface area contributed by atoms with Crippen molar-refractivity contribution in [1.82, 2.24) is 4.98 Å². The molecule has 5 rings (SSSR count). The number of rotatable bonds is 5. The lowest BCUT2D eigenvalue weighted by Crippen LogP contribution is -2.29. The molecule has 0 radical (unpaired) electrons. The molecule has 1 aromatic heterocycles. The fourth-order valence-corrected chi connectivity index (χ4v) is 5.39. The summed E-state index contributed by atoms with van der Waals surface area (Å²) in [4.78, 5) is 32.5. The fraction of sp³-hybridized carbons (Fsp3) is 0.115. The molecule has 1 unspecified atom stereocenters. The minimum atomic E-state index is -1.04. The second-order valence-electron chi connectivity index (χ2n) is 7.90. The third kappa shape index (κ3) is 3.96. The standard InChI is InChI=1S/C26H18ClFN2O5S/c1-34-18-10-5-14(11-19(18)35-2)22-21(23(31)13-3-7-16(28)8-4-13)24(32)25(33)30(22)26-29-17-9-6-15(27)12-20(17)36-26/h3-12,22,31H,1-2H3. The number of fused-ring (bicyclic) bond motifs is 1. The van der Waals surface area contributed by atoms with Crippen molar-refractivity contribution >= 4 is 55.7 Å². The van der Waals surface area contributed by atoms with Crippen LogP contribution >= 0.6 is 22.9 Å². The van der Waals surface area contributed by atoms with Crippen LogP contribution in [-0.2, 0) is 9.59 Å². The Kier molecular flexibility index (Phi) is 6.11. The van der Waals surface area contributed by atoms with Crippen molar-refractivity contribution in [2.24, 2.45) is 0 Å². The van der Waals surface area contributed by atoms with Crippen LogP contribution < -0.4 is 14.4 Å². The highest BCUT2D eigenvalue weighted by atomic mass is 35.5. The minimum Gasteiger partial charge on any atom is -0.507 e. The highest BCUT2D eigenvalue weighted by Gasteiger charge is 2.48. The smallest absolute Gasteiger partial charge is 0.301 e. The molecule has 4 aromatic rings. The summed E-state index contributed by atoms with van der Waals surface area (Å²) in [6.45, 7) is 0. The Balaban J connectivity index is 1.75. The number of ether oxygens (including phenoxy) is 2. The van der Waals surface area contributed by atoms with Crippen LogP contribution in [0.15, 0.2) is 66.2 Å². The zero-order chi connectivity index (χ0) is 25.6. The number of nitrogens with zero attached hydrogens (tertiary/aromatic N) is 2. The summed E-state index contributed by atoms with van der Waals surface area (Å²) in [5.74, 6) is -1.86. The first kappa shape index (κ1) is 23.8. The van der Waals surface area contributed by atoms with Crippen molar-refractivity contribution in [2.45, 2.75) is 6.04 Å². The van der Waals surface area contributed by atoms with Crippen molar-refractivity contribution < 1.29 is 28.6 Å². The maximum absolute atomic E-state index is 13.5. The van der Waals surface area contributed by atoms with Gasteiger partial charge in [-0.1, -0.05) is 29.0 Å². The maximum Gasteiger partial charge on any atom is 0.301 e. The van der Waals surface area contributed by atoms with Gasteiger partial charge in [-0.15, -0.1) is 0 Å². The topological polar surface area (TPSA) is 89.0 Å². The molecule has 1 atom stereocenters. The van der Waals surface area contributed by atoms with Crippen LogP contribution in [0.5, 0.6) is 11.5 Å². The Morgan fingerprint density at radius 2 is 1.75 bits per heavy atom. The van der Waals surface area contributed by atoms with E-state index in [-0.39, 0.29) is 16.3 Å². The third-order valence-corrected chi connectivity index (χ3v) is 7.08. The van der Waals surface area contributed by atoms with E-state index in [1.54, 1.807) is 36.4 Å². The van der Waals surface area contributed by atoms with Gasteiger partial charge in [0.2, 0.25) is 0 Å². The quantitative estimate of drug-likeness (QED) is 0.204. The largest absolute Gasteiger partial charge is 0.507 e. The number of carbonyl (C=O) groups is 2. The van der Waals surface area contributed by atoms with Gasteiger partial charge >= 0.3 is 5.91 Å². The molecule has 1 aliphatic rings. The molecule has 36 heavy (non-hydrogen) atoms. The van der Waals surface area contributed by atoms with Gasteiger partial charge in [-0.3, -0.25) is 14.5 Å². The number of aromatic nitrogens is 1. The van der Waals surface area contributed by atoms with Crippen LogP contribution in [0.2, 0.25) is 5.02 Å². The highest BCUT2D eigenvalue weighted by molar-refractivity contribution is 7.22. The lowest BCUT2D eigenvalue weighted by Gasteiger charge is -2.23. The summed E-state index contributed by atoms with van der Waals surface area (Å²) >= 11 is 7.31. The third-order valence-electron chi connectivity index (χ3n) is 5.83. The van der Waals surface area contributed by atoms with Crippen molar-refractivity contribution in [1.29, 1.82) is 0 Å². The molecule has 1 amide bonds. The average molecular weight is 525 g/mol. The number of thiazole rings is 1. The summed E-state index contributed by atoms with van der Waals surface area (Å²) < 4.78 is 25.0. The number of halogens is 2. The molecule has 2 heterocycles. The van der Waals surface area contributed by atoms with Crippen molar-refractivity contribution in [2.75, 3.05) is 19.1 Å². The van der Waals surface area contributed by atoms with Gasteiger partial charge in [0.15, 0.2) is 16.6 Å². The number of aliphatic hydroxyl groups excluding tert-OH is 1. The molecule has 0 aliphatic carbocycles. The molecule has 1 N–H and O–H groups in total. The highest BCUT2D eigenvalue weighted by Crippen LogP contribution is 2.46. The number of hydrogen-bond acceptors (Lipinski definition) is 7. The number of methoxy groups -OCH3 is 2. The van der Waals surface area contributed by atoms with E-state index in [9.17, 15) is 19.1 Å². The number of carbonyl (C=O) groups excluding carboxylic acids is 2. The molecular weight excluding hydrogens is 507 g/mol. The molecule has 0 bridgehead atoms. The Labute approximate surface area is 214 Å². The molecule has 0 spiro atoms. The molecule has 182 valence electrons. The molecular formula is C26H18ClFN2O5S. The Morgan fingerprint density at radius 3 is 2.44 bits per heavy atom. The summed E-state index contributed by atoms with van der Waals surface area (Å²) in [7, 11) is 2.96. The van der Waals surface area contributed by atoms with Crippen LogP contribution in [-0.4, -0.2) is 36.0 Å². The van der Waals surface area contributed by atoms with Gasteiger partial charge in [-0.05, 0) is 60.2 Å². The molecule has 1 saturated heterocycles. The lowest BCUT2D eigenvalue weighted by molar-refractivity contribution is -0.132. The van der Waals surface area contributed by atoms with E-state index in [0.717, 1.165) is 16.8 Å². The van der Waals surface area contributed by atoms with Crippen LogP contribution in [0, 0.1) is 5.82 Å². The predicted molar refractivity (Wildman–Crippen MR) is 135 cm³/mol. The Hall–Kier alpha value is -3.95. The van der Waals surface area contributed by atoms with Gasteiger partial charge in [0, 0.05) is 10.6 Å². The number of ketones is 1. The Bertz CT molecular complexity index is 1550. The first-order valence-corrected chi connectivity index (χ1v) is 11.9. The van der Waals surface area contributed by atoms with Gasteiger partial charge in [-0.2, -0.15) is 0 Å². The molecule has 3 aromatic carbocycles. The average Bonchev–Trinajstić information content (AvgIpc) is 3.41. The zero-order valence-electron chi connectivity index (χ0n) is 19.0. The molecule has 7 nitrogen and oxygen atoms in total. The summed E-state index contributed by atoms with van der Waals surface area (Å²) in [6, 6.07) is 14.0. The van der Waals surface area contributed by atoms with Crippen molar-refractivity contribution in [3.8, 4) is 11.5 Å². The molecule has 10 heteroatoms. The summed E-state index contributed by atoms with van der Waals surface area (Å²) in [6.07, 6.45) is 0. The van der Waals surface area contributed by atoms with E-state index >= 15 is 0 Å². The van der Waals surface area contributed by atoms with E-state index < -0.39 is 29.3 Å². The normalized spacial score (nSPS) is 17.1. The van der Waals surface area contributed by atoms with Crippen LogP contribution in [0.1, 0.15) is 17.2 Å². The minimum absolute atomic E-state index is 0.156. The van der Waals surface area contributed by atoms with E-state index in [2.05, 4.69) is 4.98 Å². The molecule has 0 saturated carbocycles. The number of anilines is 1. The van der Waals surface area contributed by atoms with Crippen LogP contribution in [0.3, 0.4) is 0 Å². The number of amides is 1. The SMILES string of the molecule is COc1ccc(C2C(=C(O)c3ccc(F)cc3)C(=O)C(=O)N2c2nc3ccc(Cl)cc3s2)cc1OC. The second kappa shape index (κ2) is 9.25. The van der Waals surface area contributed by atoms with E-state index in [1.807, 2.05) is 0 Å². The lowest BCUT2D eigenvalue weighted by atomic mass is 9.95. The predicted octanol–water partition coefficient (Wildman–Crippen LogP) is 5.73. The maximum atomic E-state index is 13.5. The Morgan fingerprint density at radius 1 is 1.03 bits per heavy atom. The zero-order valence-corrected chi connectivity index (χ0v) is 20.6. The number of benzene rings is 3. The van der Waals surface area contributed by atoms with E-state index in [1.165, 1.54) is 42.6 Å². The van der Waals surface area contributed by atoms with Gasteiger partial charge < -0.3 is 14.6 Å². The van der Waals surface area contributed by atoms with Gasteiger partial charge in [0.1, 0.15) is 11.6 Å².